The Hall–Kier alpha value is 1.07. The van der Waals surface area contributed by atoms with Crippen LogP contribution in [0.2, 0.25) is 0 Å². The molecular formula is C3H7NNaO2S-. The van der Waals surface area contributed by atoms with Gasteiger partial charge in [-0.1, -0.05) is 11.1 Å². The fourth-order valence-electron chi connectivity index (χ4n) is 0.365. The van der Waals surface area contributed by atoms with Crippen molar-refractivity contribution < 1.29 is 39.7 Å². The minimum atomic E-state index is -1.85. The summed E-state index contributed by atoms with van der Waals surface area (Å²) in [5.74, 6) is 0.278. The average Bonchev–Trinajstić information content (AvgIpc) is 2.17. The van der Waals surface area contributed by atoms with Gasteiger partial charge in [0.25, 0.3) is 0 Å². The van der Waals surface area contributed by atoms with E-state index in [1.54, 1.807) is 0 Å². The fourth-order valence-corrected chi connectivity index (χ4v) is 0.930. The topological polar surface area (TPSA) is 62.1 Å². The van der Waals surface area contributed by atoms with Gasteiger partial charge in [-0.3, -0.25) is 4.21 Å². The van der Waals surface area contributed by atoms with Crippen LogP contribution in [0.25, 0.3) is 0 Å². The Morgan fingerprint density at radius 2 is 2.50 bits per heavy atom. The molecule has 3 nitrogen and oxygen atoms in total. The van der Waals surface area contributed by atoms with Crippen molar-refractivity contribution in [2.45, 2.75) is 6.04 Å². The molecule has 0 aromatic rings. The molecule has 1 heterocycles. The first-order valence-corrected chi connectivity index (χ1v) is 3.32. The van der Waals surface area contributed by atoms with Gasteiger partial charge in [0, 0.05) is 18.3 Å². The van der Waals surface area contributed by atoms with Crippen LogP contribution in [-0.2, 0) is 11.1 Å². The van der Waals surface area contributed by atoms with Gasteiger partial charge in [-0.15, -0.1) is 0 Å². The third kappa shape index (κ3) is 4.00. The predicted molar refractivity (Wildman–Crippen MR) is 26.7 cm³/mol. The van der Waals surface area contributed by atoms with Crippen LogP contribution in [0.5, 0.6) is 0 Å². The molecule has 0 radical (unpaired) electrons. The molecule has 0 amide bonds. The van der Waals surface area contributed by atoms with Gasteiger partial charge in [0.15, 0.2) is 0 Å². The molecule has 0 aromatic heterocycles. The molecule has 2 unspecified atom stereocenters. The van der Waals surface area contributed by atoms with E-state index in [4.69, 9.17) is 0 Å². The van der Waals surface area contributed by atoms with Gasteiger partial charge in [-0.25, -0.2) is 0 Å². The van der Waals surface area contributed by atoms with E-state index >= 15 is 0 Å². The van der Waals surface area contributed by atoms with E-state index in [1.165, 1.54) is 0 Å². The van der Waals surface area contributed by atoms with E-state index in [-0.39, 0.29) is 42.8 Å². The van der Waals surface area contributed by atoms with Crippen molar-refractivity contribution in [3.8, 4) is 0 Å². The van der Waals surface area contributed by atoms with E-state index in [0.717, 1.165) is 6.54 Å². The third-order valence-electron chi connectivity index (χ3n) is 0.830. The Kier molecular flexibility index (Phi) is 4.51. The molecule has 0 saturated carbocycles. The number of hydrogen-bond acceptors (Lipinski definition) is 3. The molecule has 1 saturated heterocycles. The van der Waals surface area contributed by atoms with Gasteiger partial charge in [0.1, 0.15) is 0 Å². The Morgan fingerprint density at radius 1 is 2.00 bits per heavy atom. The molecule has 0 spiro atoms. The van der Waals surface area contributed by atoms with Crippen LogP contribution in [-0.4, -0.2) is 27.1 Å². The molecule has 8 heavy (non-hydrogen) atoms. The van der Waals surface area contributed by atoms with E-state index in [1.807, 2.05) is 0 Å². The van der Waals surface area contributed by atoms with E-state index in [2.05, 4.69) is 5.32 Å². The molecule has 5 heteroatoms. The monoisotopic (exact) mass is 144 g/mol. The molecule has 1 aliphatic rings. The summed E-state index contributed by atoms with van der Waals surface area (Å²) in [4.78, 5) is 0. The maximum Gasteiger partial charge on any atom is 1.00 e. The molecule has 0 aromatic carbocycles. The van der Waals surface area contributed by atoms with Crippen molar-refractivity contribution in [3.05, 3.63) is 0 Å². The molecule has 1 N–H and O–H groups in total. The molecule has 1 rings (SSSR count). The van der Waals surface area contributed by atoms with Gasteiger partial charge >= 0.3 is 29.6 Å². The molecule has 1 aliphatic heterocycles. The summed E-state index contributed by atoms with van der Waals surface area (Å²) in [5, 5.41) is 2.87. The van der Waals surface area contributed by atoms with Crippen LogP contribution in [0, 0.1) is 0 Å². The molecular weight excluding hydrogens is 137 g/mol. The van der Waals surface area contributed by atoms with Crippen molar-refractivity contribution >= 4 is 11.1 Å². The first kappa shape index (κ1) is 9.07. The molecule has 2 atom stereocenters. The third-order valence-corrected chi connectivity index (χ3v) is 1.50. The van der Waals surface area contributed by atoms with E-state index in [0.29, 0.717) is 0 Å². The van der Waals surface area contributed by atoms with E-state index < -0.39 is 11.1 Å². The zero-order valence-corrected chi connectivity index (χ0v) is 7.53. The number of nitrogens with one attached hydrogen (secondary N) is 1. The summed E-state index contributed by atoms with van der Waals surface area (Å²) in [6, 6.07) is 0.262. The summed E-state index contributed by atoms with van der Waals surface area (Å²) in [7, 11) is 0. The second-order valence-electron chi connectivity index (χ2n) is 1.58. The zero-order valence-electron chi connectivity index (χ0n) is 5.72. The number of hydrogen-bond donors (Lipinski definition) is 1. The summed E-state index contributed by atoms with van der Waals surface area (Å²) < 4.78 is 19.6. The maximum atomic E-state index is 9.81. The quantitative estimate of drug-likeness (QED) is 0.244. The zero-order chi connectivity index (χ0) is 5.28. The Morgan fingerprint density at radius 3 is 2.62 bits per heavy atom. The smallest absolute Gasteiger partial charge is 1.00 e. The van der Waals surface area contributed by atoms with Crippen LogP contribution in [0.3, 0.4) is 0 Å². The standard InChI is InChI=1S/C3H7NO2S.Na.H/c5-7(6)2-3-1-4-3;;/h3-4H,1-2H2,(H,5,6);;/q;+1;-1/p-1. The van der Waals surface area contributed by atoms with Gasteiger partial charge in [-0.2, -0.15) is 0 Å². The second kappa shape index (κ2) is 3.98. The van der Waals surface area contributed by atoms with Gasteiger partial charge < -0.3 is 11.3 Å². The van der Waals surface area contributed by atoms with Gasteiger partial charge in [0.2, 0.25) is 0 Å². The van der Waals surface area contributed by atoms with Crippen LogP contribution in [0.1, 0.15) is 1.43 Å². The number of rotatable bonds is 2. The molecule has 44 valence electrons. The Labute approximate surface area is 74.3 Å². The largest absolute Gasteiger partial charge is 1.00 e. The Balaban J connectivity index is 0. The normalized spacial score (nSPS) is 28.4. The SMILES string of the molecule is O=S([O-])CC1CN1.[H-].[Na+]. The van der Waals surface area contributed by atoms with Crippen molar-refractivity contribution in [1.82, 2.24) is 5.32 Å². The molecule has 0 aliphatic carbocycles. The minimum absolute atomic E-state index is 0. The van der Waals surface area contributed by atoms with Gasteiger partial charge in [-0.05, 0) is 0 Å². The predicted octanol–water partition coefficient (Wildman–Crippen LogP) is -4.05. The Bertz CT molecular complexity index is 99.8. The summed E-state index contributed by atoms with van der Waals surface area (Å²) in [5.41, 5.74) is 0. The van der Waals surface area contributed by atoms with Crippen molar-refractivity contribution in [2.75, 3.05) is 12.3 Å². The van der Waals surface area contributed by atoms with Crippen LogP contribution in [0.4, 0.5) is 0 Å². The molecule has 1 fully saturated rings. The van der Waals surface area contributed by atoms with Crippen LogP contribution < -0.4 is 34.9 Å². The van der Waals surface area contributed by atoms with Crippen molar-refractivity contribution in [3.63, 3.8) is 0 Å². The first-order chi connectivity index (χ1) is 3.29. The van der Waals surface area contributed by atoms with Gasteiger partial charge in [0.05, 0.1) is 0 Å². The van der Waals surface area contributed by atoms with Crippen molar-refractivity contribution in [1.29, 1.82) is 0 Å². The average molecular weight is 144 g/mol. The summed E-state index contributed by atoms with van der Waals surface area (Å²) in [6.07, 6.45) is 0. The maximum absolute atomic E-state index is 9.81. The summed E-state index contributed by atoms with van der Waals surface area (Å²) >= 11 is -1.85. The van der Waals surface area contributed by atoms with Crippen LogP contribution >= 0.6 is 0 Å². The summed E-state index contributed by atoms with van der Waals surface area (Å²) in [6.45, 7) is 0.869. The van der Waals surface area contributed by atoms with E-state index in [9.17, 15) is 8.76 Å². The second-order valence-corrected chi connectivity index (χ2v) is 2.52. The minimum Gasteiger partial charge on any atom is -1.00 e. The molecule has 0 bridgehead atoms. The van der Waals surface area contributed by atoms with Crippen LogP contribution in [0.15, 0.2) is 0 Å². The van der Waals surface area contributed by atoms with Crippen molar-refractivity contribution in [2.24, 2.45) is 0 Å². The fraction of sp³-hybridized carbons (Fsp3) is 1.00. The first-order valence-electron chi connectivity index (χ1n) is 2.08.